The molecular formula is C28H32N4O5. The van der Waals surface area contributed by atoms with Crippen LogP contribution in [0, 0.1) is 20.9 Å². The van der Waals surface area contributed by atoms with Crippen molar-refractivity contribution >= 4 is 11.6 Å². The third-order valence-electron chi connectivity index (χ3n) is 7.59. The molecule has 5 rings (SSSR count). The Labute approximate surface area is 216 Å². The highest BCUT2D eigenvalue weighted by Gasteiger charge is 2.51. The Hall–Kier alpha value is -3.88. The normalized spacial score (nSPS) is 22.1. The lowest BCUT2D eigenvalue weighted by Crippen LogP contribution is -2.38. The summed E-state index contributed by atoms with van der Waals surface area (Å²) in [6.07, 6.45) is 3.03. The molecule has 0 radical (unpaired) electrons. The lowest BCUT2D eigenvalue weighted by molar-refractivity contribution is -0.384. The quantitative estimate of drug-likeness (QED) is 0.324. The highest BCUT2D eigenvalue weighted by Crippen LogP contribution is 2.52. The fraction of sp³-hybridized carbons (Fsp3) is 0.429. The average molecular weight is 505 g/mol. The standard InChI is InChI=1S/C28H32N4O5/c1-27(2)14-20-15-28(3,16-27)17-30(20)26(33)24-13-23(22-11-10-21(36-4)12-25(22)37-5)29-31(24)18-6-8-19(9-7-18)32(34)35/h6-13,20H,14-17H2,1-5H3. The molecule has 0 spiro atoms. The van der Waals surface area contributed by atoms with E-state index >= 15 is 0 Å². The van der Waals surface area contributed by atoms with Crippen molar-refractivity contribution in [3.05, 3.63) is 64.3 Å². The van der Waals surface area contributed by atoms with Gasteiger partial charge in [0.2, 0.25) is 0 Å². The number of hydrogen-bond donors (Lipinski definition) is 0. The van der Waals surface area contributed by atoms with Crippen molar-refractivity contribution in [1.29, 1.82) is 0 Å². The van der Waals surface area contributed by atoms with Gasteiger partial charge in [0.05, 0.1) is 30.5 Å². The molecule has 2 bridgehead atoms. The summed E-state index contributed by atoms with van der Waals surface area (Å²) in [6, 6.07) is 13.5. The van der Waals surface area contributed by atoms with Crippen LogP contribution in [0.5, 0.6) is 11.5 Å². The molecule has 1 amide bonds. The lowest BCUT2D eigenvalue weighted by atomic mass is 9.65. The van der Waals surface area contributed by atoms with Crippen molar-refractivity contribution in [3.63, 3.8) is 0 Å². The number of likely N-dealkylation sites (tertiary alicyclic amines) is 1. The number of non-ortho nitro benzene ring substituents is 1. The molecule has 1 aliphatic carbocycles. The van der Waals surface area contributed by atoms with E-state index in [1.165, 1.54) is 12.1 Å². The number of methoxy groups -OCH3 is 2. The van der Waals surface area contributed by atoms with Crippen molar-refractivity contribution in [2.75, 3.05) is 20.8 Å². The highest BCUT2D eigenvalue weighted by atomic mass is 16.6. The van der Waals surface area contributed by atoms with Crippen LogP contribution in [0.2, 0.25) is 0 Å². The number of aromatic nitrogens is 2. The first kappa shape index (κ1) is 24.8. The van der Waals surface area contributed by atoms with Crippen LogP contribution in [0.1, 0.15) is 50.5 Å². The molecule has 1 saturated carbocycles. The number of nitrogens with zero attached hydrogens (tertiary/aromatic N) is 4. The zero-order chi connectivity index (χ0) is 26.5. The van der Waals surface area contributed by atoms with Gasteiger partial charge in [-0.2, -0.15) is 5.10 Å². The maximum atomic E-state index is 14.1. The molecule has 2 aromatic carbocycles. The maximum Gasteiger partial charge on any atom is 0.272 e. The molecule has 2 atom stereocenters. The molecule has 2 aliphatic rings. The second-order valence-electron chi connectivity index (χ2n) is 11.3. The molecule has 2 heterocycles. The predicted octanol–water partition coefficient (Wildman–Crippen LogP) is 5.51. The van der Waals surface area contributed by atoms with E-state index in [9.17, 15) is 14.9 Å². The predicted molar refractivity (Wildman–Crippen MR) is 139 cm³/mol. The van der Waals surface area contributed by atoms with Crippen LogP contribution in [0.3, 0.4) is 0 Å². The smallest absolute Gasteiger partial charge is 0.272 e. The Bertz CT molecular complexity index is 1360. The van der Waals surface area contributed by atoms with Crippen LogP contribution in [0.25, 0.3) is 16.9 Å². The first-order valence-corrected chi connectivity index (χ1v) is 12.4. The van der Waals surface area contributed by atoms with Crippen LogP contribution in [0.15, 0.2) is 48.5 Å². The first-order chi connectivity index (χ1) is 17.5. The minimum absolute atomic E-state index is 0.0238. The third kappa shape index (κ3) is 4.54. The van der Waals surface area contributed by atoms with Crippen LogP contribution in [-0.2, 0) is 0 Å². The molecule has 1 aliphatic heterocycles. The van der Waals surface area contributed by atoms with E-state index in [4.69, 9.17) is 14.6 Å². The number of nitro groups is 1. The molecule has 9 nitrogen and oxygen atoms in total. The molecule has 194 valence electrons. The van der Waals surface area contributed by atoms with Crippen molar-refractivity contribution < 1.29 is 19.2 Å². The van der Waals surface area contributed by atoms with Gasteiger partial charge < -0.3 is 14.4 Å². The Morgan fingerprint density at radius 1 is 1.05 bits per heavy atom. The number of hydrogen-bond acceptors (Lipinski definition) is 6. The van der Waals surface area contributed by atoms with Gasteiger partial charge in [-0.25, -0.2) is 4.68 Å². The van der Waals surface area contributed by atoms with Gasteiger partial charge in [-0.15, -0.1) is 0 Å². The lowest BCUT2D eigenvalue weighted by Gasteiger charge is -2.39. The van der Waals surface area contributed by atoms with E-state index in [-0.39, 0.29) is 28.5 Å². The number of nitro benzene ring substituents is 1. The van der Waals surface area contributed by atoms with E-state index < -0.39 is 4.92 Å². The number of carbonyl (C=O) groups excluding carboxylic acids is 1. The number of fused-ring (bicyclic) bond motifs is 2. The Morgan fingerprint density at radius 2 is 1.78 bits per heavy atom. The number of carbonyl (C=O) groups is 1. The third-order valence-corrected chi connectivity index (χ3v) is 7.59. The molecular weight excluding hydrogens is 472 g/mol. The van der Waals surface area contributed by atoms with Crippen molar-refractivity contribution in [3.8, 4) is 28.4 Å². The Balaban J connectivity index is 1.60. The summed E-state index contributed by atoms with van der Waals surface area (Å²) in [5.41, 5.74) is 2.50. The van der Waals surface area contributed by atoms with E-state index in [2.05, 4.69) is 20.8 Å². The summed E-state index contributed by atoms with van der Waals surface area (Å²) in [6.45, 7) is 7.53. The fourth-order valence-corrected chi connectivity index (χ4v) is 6.43. The van der Waals surface area contributed by atoms with Gasteiger partial charge >= 0.3 is 0 Å². The van der Waals surface area contributed by atoms with Gasteiger partial charge in [0, 0.05) is 36.3 Å². The number of ether oxygens (including phenoxy) is 2. The monoisotopic (exact) mass is 504 g/mol. The highest BCUT2D eigenvalue weighted by molar-refractivity contribution is 5.95. The minimum Gasteiger partial charge on any atom is -0.497 e. The van der Waals surface area contributed by atoms with Gasteiger partial charge in [-0.3, -0.25) is 14.9 Å². The summed E-state index contributed by atoms with van der Waals surface area (Å²) in [7, 11) is 3.16. The van der Waals surface area contributed by atoms with E-state index in [0.717, 1.165) is 19.3 Å². The maximum absolute atomic E-state index is 14.1. The summed E-state index contributed by atoms with van der Waals surface area (Å²) in [5, 5.41) is 16.0. The SMILES string of the molecule is COc1ccc(-c2cc(C(=O)N3CC4(C)CC3CC(C)(C)C4)n(-c3ccc([N+](=O)[O-])cc3)n2)c(OC)c1. The van der Waals surface area contributed by atoms with Gasteiger partial charge in [-0.05, 0) is 60.4 Å². The van der Waals surface area contributed by atoms with E-state index in [1.807, 2.05) is 17.0 Å². The molecule has 3 aromatic rings. The minimum atomic E-state index is -0.445. The van der Waals surface area contributed by atoms with Crippen LogP contribution in [-0.4, -0.2) is 52.3 Å². The topological polar surface area (TPSA) is 99.7 Å². The number of rotatable bonds is 6. The fourth-order valence-electron chi connectivity index (χ4n) is 6.43. The van der Waals surface area contributed by atoms with Crippen molar-refractivity contribution in [2.45, 2.75) is 46.1 Å². The molecule has 37 heavy (non-hydrogen) atoms. The zero-order valence-corrected chi connectivity index (χ0v) is 21.9. The number of benzene rings is 2. The van der Waals surface area contributed by atoms with Gasteiger partial charge in [0.15, 0.2) is 0 Å². The van der Waals surface area contributed by atoms with E-state index in [0.29, 0.717) is 40.7 Å². The van der Waals surface area contributed by atoms with Crippen molar-refractivity contribution in [1.82, 2.24) is 14.7 Å². The van der Waals surface area contributed by atoms with Crippen LogP contribution in [0.4, 0.5) is 5.69 Å². The first-order valence-electron chi connectivity index (χ1n) is 12.4. The Morgan fingerprint density at radius 3 is 2.43 bits per heavy atom. The van der Waals surface area contributed by atoms with Crippen LogP contribution >= 0.6 is 0 Å². The molecule has 1 aromatic heterocycles. The Kier molecular flexibility index (Phi) is 5.96. The second kappa shape index (κ2) is 8.90. The van der Waals surface area contributed by atoms with Gasteiger partial charge in [-0.1, -0.05) is 20.8 Å². The largest absolute Gasteiger partial charge is 0.497 e. The summed E-state index contributed by atoms with van der Waals surface area (Å²) < 4.78 is 12.5. The molecule has 2 unspecified atom stereocenters. The average Bonchev–Trinajstić information content (AvgIpc) is 3.41. The number of amides is 1. The molecule has 0 N–H and O–H groups in total. The second-order valence-corrected chi connectivity index (χ2v) is 11.3. The van der Waals surface area contributed by atoms with E-state index in [1.54, 1.807) is 43.2 Å². The zero-order valence-electron chi connectivity index (χ0n) is 21.9. The summed E-state index contributed by atoms with van der Waals surface area (Å²) >= 11 is 0. The molecule has 2 fully saturated rings. The van der Waals surface area contributed by atoms with Crippen LogP contribution < -0.4 is 9.47 Å². The van der Waals surface area contributed by atoms with Gasteiger partial charge in [0.1, 0.15) is 17.2 Å². The van der Waals surface area contributed by atoms with Crippen molar-refractivity contribution in [2.24, 2.45) is 10.8 Å². The molecule has 9 heteroatoms. The summed E-state index contributed by atoms with van der Waals surface area (Å²) in [5.74, 6) is 1.13. The molecule has 1 saturated heterocycles. The van der Waals surface area contributed by atoms with Gasteiger partial charge in [0.25, 0.3) is 11.6 Å². The summed E-state index contributed by atoms with van der Waals surface area (Å²) in [4.78, 5) is 26.9.